The number of nitrogens with two attached hydrogens (primary N) is 1. The van der Waals surface area contributed by atoms with Gasteiger partial charge in [0.05, 0.1) is 11.7 Å². The second-order valence-corrected chi connectivity index (χ2v) is 2.86. The molecule has 0 unspecified atom stereocenters. The number of rotatable bonds is 2. The maximum Gasteiger partial charge on any atom is 0.0642 e. The summed E-state index contributed by atoms with van der Waals surface area (Å²) in [6, 6.07) is 1.81. The van der Waals surface area contributed by atoms with Gasteiger partial charge in [0.15, 0.2) is 0 Å². The Morgan fingerprint density at radius 2 is 2.50 bits per heavy atom. The van der Waals surface area contributed by atoms with E-state index >= 15 is 0 Å². The third-order valence-electron chi connectivity index (χ3n) is 1.31. The van der Waals surface area contributed by atoms with Crippen molar-refractivity contribution < 1.29 is 0 Å². The zero-order chi connectivity index (χ0) is 7.56. The van der Waals surface area contributed by atoms with Crippen molar-refractivity contribution in [2.24, 2.45) is 5.73 Å². The van der Waals surface area contributed by atoms with Crippen molar-refractivity contribution in [3.8, 4) is 0 Å². The SMILES string of the molecule is C=C[C@H](N)c1[nH]ccc1Br. The lowest BCUT2D eigenvalue weighted by molar-refractivity contribution is 0.870. The molecule has 0 fully saturated rings. The zero-order valence-electron chi connectivity index (χ0n) is 5.47. The van der Waals surface area contributed by atoms with Gasteiger partial charge in [-0.2, -0.15) is 0 Å². The first kappa shape index (κ1) is 7.57. The van der Waals surface area contributed by atoms with Crippen LogP contribution >= 0.6 is 15.9 Å². The average molecular weight is 201 g/mol. The Balaban J connectivity index is 2.92. The summed E-state index contributed by atoms with van der Waals surface area (Å²) in [5.41, 5.74) is 6.63. The van der Waals surface area contributed by atoms with Crippen LogP contribution in [0.25, 0.3) is 0 Å². The molecular weight excluding hydrogens is 192 g/mol. The fourth-order valence-electron chi connectivity index (χ4n) is 0.737. The Kier molecular flexibility index (Phi) is 2.29. The summed E-state index contributed by atoms with van der Waals surface area (Å²) in [6.45, 7) is 3.59. The van der Waals surface area contributed by atoms with Crippen LogP contribution in [0.1, 0.15) is 11.7 Å². The van der Waals surface area contributed by atoms with Crippen LogP contribution in [-0.4, -0.2) is 4.98 Å². The zero-order valence-corrected chi connectivity index (χ0v) is 7.06. The number of aromatic nitrogens is 1. The Morgan fingerprint density at radius 3 is 2.90 bits per heavy atom. The summed E-state index contributed by atoms with van der Waals surface area (Å²) in [7, 11) is 0. The highest BCUT2D eigenvalue weighted by Gasteiger charge is 2.05. The maximum atomic E-state index is 5.66. The molecule has 1 aromatic rings. The van der Waals surface area contributed by atoms with Crippen molar-refractivity contribution in [1.29, 1.82) is 0 Å². The molecule has 0 saturated heterocycles. The van der Waals surface area contributed by atoms with E-state index in [1.807, 2.05) is 12.3 Å². The van der Waals surface area contributed by atoms with E-state index in [4.69, 9.17) is 5.73 Å². The van der Waals surface area contributed by atoms with Gasteiger partial charge in [0.1, 0.15) is 0 Å². The molecule has 3 heteroatoms. The second-order valence-electron chi connectivity index (χ2n) is 2.00. The molecule has 0 aliphatic carbocycles. The third kappa shape index (κ3) is 1.30. The quantitative estimate of drug-likeness (QED) is 0.705. The van der Waals surface area contributed by atoms with E-state index in [1.165, 1.54) is 0 Å². The number of hydrogen-bond acceptors (Lipinski definition) is 1. The van der Waals surface area contributed by atoms with Crippen molar-refractivity contribution in [1.82, 2.24) is 4.98 Å². The van der Waals surface area contributed by atoms with E-state index in [9.17, 15) is 0 Å². The molecule has 0 bridgehead atoms. The molecule has 0 aromatic carbocycles. The Labute approximate surface area is 68.3 Å². The minimum Gasteiger partial charge on any atom is -0.362 e. The van der Waals surface area contributed by atoms with Gasteiger partial charge in [0.25, 0.3) is 0 Å². The van der Waals surface area contributed by atoms with E-state index in [0.717, 1.165) is 10.2 Å². The van der Waals surface area contributed by atoms with Gasteiger partial charge in [-0.05, 0) is 22.0 Å². The molecule has 2 nitrogen and oxygen atoms in total. The first-order valence-corrected chi connectivity index (χ1v) is 3.76. The molecule has 3 N–H and O–H groups in total. The molecule has 54 valence electrons. The molecule has 0 radical (unpaired) electrons. The molecular formula is C7H9BrN2. The van der Waals surface area contributed by atoms with Gasteiger partial charge in [0, 0.05) is 10.7 Å². The van der Waals surface area contributed by atoms with Crippen molar-refractivity contribution in [3.63, 3.8) is 0 Å². The summed E-state index contributed by atoms with van der Waals surface area (Å²) < 4.78 is 1.000. The molecule has 10 heavy (non-hydrogen) atoms. The van der Waals surface area contributed by atoms with Crippen molar-refractivity contribution in [3.05, 3.63) is 35.1 Å². The molecule has 1 rings (SSSR count). The van der Waals surface area contributed by atoms with E-state index in [0.29, 0.717) is 0 Å². The topological polar surface area (TPSA) is 41.8 Å². The van der Waals surface area contributed by atoms with Crippen molar-refractivity contribution in [2.45, 2.75) is 6.04 Å². The fourth-order valence-corrected chi connectivity index (χ4v) is 1.25. The van der Waals surface area contributed by atoms with Crippen LogP contribution in [0.5, 0.6) is 0 Å². The summed E-state index contributed by atoms with van der Waals surface area (Å²) >= 11 is 3.35. The van der Waals surface area contributed by atoms with Gasteiger partial charge >= 0.3 is 0 Å². The van der Waals surface area contributed by atoms with Gasteiger partial charge < -0.3 is 10.7 Å². The second kappa shape index (κ2) is 3.03. The van der Waals surface area contributed by atoms with E-state index < -0.39 is 0 Å². The molecule has 1 aromatic heterocycles. The summed E-state index contributed by atoms with van der Waals surface area (Å²) in [4.78, 5) is 3.01. The molecule has 1 heterocycles. The number of H-pyrrole nitrogens is 1. The summed E-state index contributed by atoms with van der Waals surface area (Å²) in [6.07, 6.45) is 3.53. The van der Waals surface area contributed by atoms with Gasteiger partial charge in [-0.15, -0.1) is 6.58 Å². The van der Waals surface area contributed by atoms with E-state index in [-0.39, 0.29) is 6.04 Å². The van der Waals surface area contributed by atoms with Crippen LogP contribution in [0.3, 0.4) is 0 Å². The van der Waals surface area contributed by atoms with Crippen LogP contribution in [0, 0.1) is 0 Å². The van der Waals surface area contributed by atoms with Gasteiger partial charge in [-0.1, -0.05) is 6.08 Å². The first-order chi connectivity index (χ1) is 4.75. The highest BCUT2D eigenvalue weighted by molar-refractivity contribution is 9.10. The summed E-state index contributed by atoms with van der Waals surface area (Å²) in [5.74, 6) is 0. The fraction of sp³-hybridized carbons (Fsp3) is 0.143. The van der Waals surface area contributed by atoms with Crippen LogP contribution < -0.4 is 5.73 Å². The van der Waals surface area contributed by atoms with Gasteiger partial charge in [0.2, 0.25) is 0 Å². The van der Waals surface area contributed by atoms with Crippen LogP contribution in [-0.2, 0) is 0 Å². The van der Waals surface area contributed by atoms with Crippen molar-refractivity contribution in [2.75, 3.05) is 0 Å². The first-order valence-electron chi connectivity index (χ1n) is 2.96. The standard InChI is InChI=1S/C7H9BrN2/c1-2-6(9)7-5(8)3-4-10-7/h2-4,6,10H,1,9H2/t6-/m0/s1. The Morgan fingerprint density at radius 1 is 1.80 bits per heavy atom. The largest absolute Gasteiger partial charge is 0.362 e. The predicted molar refractivity (Wildman–Crippen MR) is 45.6 cm³/mol. The Bertz CT molecular complexity index is 229. The predicted octanol–water partition coefficient (Wildman–Crippen LogP) is 1.96. The molecule has 0 spiro atoms. The lowest BCUT2D eigenvalue weighted by Crippen LogP contribution is -2.06. The minimum atomic E-state index is -0.107. The number of halogens is 1. The van der Waals surface area contributed by atoms with E-state index in [1.54, 1.807) is 6.08 Å². The maximum absolute atomic E-state index is 5.66. The molecule has 0 aliphatic rings. The van der Waals surface area contributed by atoms with Gasteiger partial charge in [-0.3, -0.25) is 0 Å². The van der Waals surface area contributed by atoms with Crippen LogP contribution in [0.15, 0.2) is 29.4 Å². The number of hydrogen-bond donors (Lipinski definition) is 2. The van der Waals surface area contributed by atoms with E-state index in [2.05, 4.69) is 27.5 Å². The Hall–Kier alpha value is -0.540. The van der Waals surface area contributed by atoms with Crippen LogP contribution in [0.4, 0.5) is 0 Å². The number of nitrogens with one attached hydrogen (secondary N) is 1. The highest BCUT2D eigenvalue weighted by atomic mass is 79.9. The van der Waals surface area contributed by atoms with Crippen molar-refractivity contribution >= 4 is 15.9 Å². The number of aromatic amines is 1. The average Bonchev–Trinajstić information content (AvgIpc) is 2.34. The third-order valence-corrected chi connectivity index (χ3v) is 2.00. The molecule has 0 aliphatic heterocycles. The summed E-state index contributed by atoms with van der Waals surface area (Å²) in [5, 5.41) is 0. The smallest absolute Gasteiger partial charge is 0.0642 e. The lowest BCUT2D eigenvalue weighted by atomic mass is 10.2. The minimum absolute atomic E-state index is 0.107. The normalized spacial score (nSPS) is 13.0. The monoisotopic (exact) mass is 200 g/mol. The van der Waals surface area contributed by atoms with Crippen LogP contribution in [0.2, 0.25) is 0 Å². The molecule has 1 atom stereocenters. The molecule has 0 amide bonds. The van der Waals surface area contributed by atoms with Gasteiger partial charge in [-0.25, -0.2) is 0 Å². The highest BCUT2D eigenvalue weighted by Crippen LogP contribution is 2.20. The lowest BCUT2D eigenvalue weighted by Gasteiger charge is -2.02. The molecule has 0 saturated carbocycles.